The first kappa shape index (κ1) is 25.9. The fourth-order valence-electron chi connectivity index (χ4n) is 3.87. The van der Waals surface area contributed by atoms with Crippen LogP contribution < -0.4 is 14.8 Å². The van der Waals surface area contributed by atoms with Gasteiger partial charge in [0, 0.05) is 26.6 Å². The quantitative estimate of drug-likeness (QED) is 0.543. The normalized spacial score (nSPS) is 15.2. The van der Waals surface area contributed by atoms with Crippen LogP contribution in [0.2, 0.25) is 0 Å². The molecule has 1 aliphatic rings. The van der Waals surface area contributed by atoms with Crippen molar-refractivity contribution in [3.63, 3.8) is 0 Å². The number of anilines is 1. The number of ether oxygens (including phenoxy) is 2. The molecule has 1 atom stereocenters. The molecule has 0 aromatic heterocycles. The average Bonchev–Trinajstić information content (AvgIpc) is 3.22. The topological polar surface area (TPSA) is 88.2 Å². The monoisotopic (exact) mass is 493 g/mol. The highest BCUT2D eigenvalue weighted by atomic mass is 19.2. The molecule has 0 aliphatic carbocycles. The van der Waals surface area contributed by atoms with E-state index in [1.54, 1.807) is 18.1 Å². The summed E-state index contributed by atoms with van der Waals surface area (Å²) in [6.45, 7) is 0.153. The number of carbonyl (C=O) groups excluding carboxylic acids is 3. The summed E-state index contributed by atoms with van der Waals surface area (Å²) in [5.74, 6) is -5.46. The smallest absolute Gasteiger partial charge is 0.244 e. The summed E-state index contributed by atoms with van der Waals surface area (Å²) >= 11 is 0. The van der Waals surface area contributed by atoms with Crippen molar-refractivity contribution >= 4 is 23.4 Å². The maximum Gasteiger partial charge on any atom is 0.244 e. The molecule has 3 rings (SSSR count). The van der Waals surface area contributed by atoms with Crippen LogP contribution in [0.25, 0.3) is 0 Å². The van der Waals surface area contributed by atoms with Crippen molar-refractivity contribution in [2.24, 2.45) is 5.92 Å². The molecule has 1 fully saturated rings. The molecule has 3 amide bonds. The predicted molar refractivity (Wildman–Crippen MR) is 121 cm³/mol. The number of nitrogens with zero attached hydrogens (tertiary/aromatic N) is 2. The maximum atomic E-state index is 13.8. The van der Waals surface area contributed by atoms with Gasteiger partial charge < -0.3 is 24.6 Å². The third-order valence-corrected chi connectivity index (χ3v) is 5.75. The highest BCUT2D eigenvalue weighted by molar-refractivity contribution is 5.96. The summed E-state index contributed by atoms with van der Waals surface area (Å²) in [7, 11) is 4.45. The van der Waals surface area contributed by atoms with Gasteiger partial charge in [-0.05, 0) is 36.2 Å². The van der Waals surface area contributed by atoms with Gasteiger partial charge in [-0.2, -0.15) is 0 Å². The van der Waals surface area contributed by atoms with Gasteiger partial charge in [0.2, 0.25) is 17.7 Å². The Kier molecular flexibility index (Phi) is 8.21. The Morgan fingerprint density at radius 2 is 1.80 bits per heavy atom. The first-order chi connectivity index (χ1) is 16.6. The number of likely N-dealkylation sites (tertiary alicyclic amines) is 1. The van der Waals surface area contributed by atoms with Gasteiger partial charge in [-0.25, -0.2) is 13.2 Å². The van der Waals surface area contributed by atoms with Crippen LogP contribution in [0.5, 0.6) is 11.5 Å². The van der Waals surface area contributed by atoms with E-state index in [1.165, 1.54) is 14.2 Å². The highest BCUT2D eigenvalue weighted by Crippen LogP contribution is 2.28. The molecule has 0 bridgehead atoms. The number of likely N-dealkylation sites (N-methyl/N-ethyl adjacent to an activating group) is 1. The van der Waals surface area contributed by atoms with Gasteiger partial charge in [0.1, 0.15) is 0 Å². The molecule has 0 saturated carbocycles. The number of methoxy groups -OCH3 is 2. The first-order valence-corrected chi connectivity index (χ1v) is 10.8. The summed E-state index contributed by atoms with van der Waals surface area (Å²) in [6, 6.07) is 7.04. The van der Waals surface area contributed by atoms with Gasteiger partial charge in [0.15, 0.2) is 29.0 Å². The van der Waals surface area contributed by atoms with Crippen LogP contribution in [-0.2, 0) is 20.8 Å². The number of halogens is 3. The van der Waals surface area contributed by atoms with Gasteiger partial charge in [-0.15, -0.1) is 0 Å². The second-order valence-electron chi connectivity index (χ2n) is 8.15. The summed E-state index contributed by atoms with van der Waals surface area (Å²) in [5, 5.41) is 2.12. The summed E-state index contributed by atoms with van der Waals surface area (Å²) in [6.07, 6.45) is 0.555. The Labute approximate surface area is 200 Å². The van der Waals surface area contributed by atoms with Crippen LogP contribution >= 0.6 is 0 Å². The van der Waals surface area contributed by atoms with Gasteiger partial charge in [0.05, 0.1) is 32.4 Å². The maximum absolute atomic E-state index is 13.8. The summed E-state index contributed by atoms with van der Waals surface area (Å²) < 4.78 is 50.6. The van der Waals surface area contributed by atoms with Crippen LogP contribution in [0.3, 0.4) is 0 Å². The number of benzene rings is 2. The number of nitrogens with one attached hydrogen (secondary N) is 1. The molecule has 35 heavy (non-hydrogen) atoms. The van der Waals surface area contributed by atoms with Gasteiger partial charge >= 0.3 is 0 Å². The van der Waals surface area contributed by atoms with Crippen molar-refractivity contribution < 1.29 is 37.0 Å². The van der Waals surface area contributed by atoms with E-state index in [1.807, 2.05) is 12.1 Å². The third kappa shape index (κ3) is 6.03. The Bertz CT molecular complexity index is 1130. The zero-order valence-electron chi connectivity index (χ0n) is 19.6. The lowest BCUT2D eigenvalue weighted by molar-refractivity contribution is -0.137. The molecule has 2 aromatic rings. The molecule has 0 radical (unpaired) electrons. The Morgan fingerprint density at radius 1 is 1.09 bits per heavy atom. The van der Waals surface area contributed by atoms with Crippen molar-refractivity contribution in [1.82, 2.24) is 9.80 Å². The van der Waals surface area contributed by atoms with Crippen molar-refractivity contribution in [2.45, 2.75) is 12.8 Å². The van der Waals surface area contributed by atoms with E-state index >= 15 is 0 Å². The zero-order valence-corrected chi connectivity index (χ0v) is 19.6. The Balaban J connectivity index is 1.53. The minimum atomic E-state index is -1.70. The van der Waals surface area contributed by atoms with E-state index in [0.29, 0.717) is 30.5 Å². The second kappa shape index (κ2) is 11.1. The molecule has 8 nitrogen and oxygen atoms in total. The minimum absolute atomic E-state index is 0.00846. The van der Waals surface area contributed by atoms with E-state index < -0.39 is 47.4 Å². The predicted octanol–water partition coefficient (Wildman–Crippen LogP) is 2.61. The van der Waals surface area contributed by atoms with Gasteiger partial charge in [-0.1, -0.05) is 6.07 Å². The fourth-order valence-corrected chi connectivity index (χ4v) is 3.87. The number of amides is 3. The van der Waals surface area contributed by atoms with E-state index in [2.05, 4.69) is 5.32 Å². The van der Waals surface area contributed by atoms with Crippen molar-refractivity contribution in [3.8, 4) is 11.5 Å². The van der Waals surface area contributed by atoms with E-state index in [0.717, 1.165) is 16.5 Å². The van der Waals surface area contributed by atoms with E-state index in [-0.39, 0.29) is 18.9 Å². The van der Waals surface area contributed by atoms with E-state index in [9.17, 15) is 27.6 Å². The lowest BCUT2D eigenvalue weighted by Crippen LogP contribution is -2.39. The molecular weight excluding hydrogens is 467 g/mol. The first-order valence-electron chi connectivity index (χ1n) is 10.8. The molecule has 1 heterocycles. The third-order valence-electron chi connectivity index (χ3n) is 5.75. The lowest BCUT2D eigenvalue weighted by atomic mass is 10.1. The van der Waals surface area contributed by atoms with Crippen LogP contribution in [-0.4, -0.2) is 68.4 Å². The van der Waals surface area contributed by atoms with E-state index in [4.69, 9.17) is 9.47 Å². The molecule has 188 valence electrons. The number of carbonyl (C=O) groups is 3. The molecule has 11 heteroatoms. The summed E-state index contributed by atoms with van der Waals surface area (Å²) in [4.78, 5) is 40.1. The van der Waals surface area contributed by atoms with Gasteiger partial charge in [-0.3, -0.25) is 14.4 Å². The Morgan fingerprint density at radius 3 is 2.49 bits per heavy atom. The zero-order chi connectivity index (χ0) is 25.7. The molecule has 2 aromatic carbocycles. The van der Waals surface area contributed by atoms with Crippen LogP contribution in [0, 0.1) is 23.4 Å². The standard InChI is InChI=1S/C24H26F3N3O5/c1-29(13-20(31)28-17-6-5-16(25)22(26)23(17)27)24(33)15-11-21(32)30(12-15)9-8-14-4-7-18(34-2)19(10-14)35-3/h4-7,10,15H,8-9,11-13H2,1-3H3,(H,28,31)/t15-/m0/s1. The number of rotatable bonds is 9. The Hall–Kier alpha value is -3.76. The highest BCUT2D eigenvalue weighted by Gasteiger charge is 2.36. The second-order valence-corrected chi connectivity index (χ2v) is 8.15. The van der Waals surface area contributed by atoms with Crippen LogP contribution in [0.1, 0.15) is 12.0 Å². The van der Waals surface area contributed by atoms with Crippen molar-refractivity contribution in [1.29, 1.82) is 0 Å². The molecule has 0 unspecified atom stereocenters. The molecule has 1 N–H and O–H groups in total. The SMILES string of the molecule is COc1ccc(CCN2C[C@@H](C(=O)N(C)CC(=O)Nc3ccc(F)c(F)c3F)CC2=O)cc1OC. The molecule has 1 aliphatic heterocycles. The van der Waals surface area contributed by atoms with Gasteiger partial charge in [0.25, 0.3) is 0 Å². The molecule has 1 saturated heterocycles. The fraction of sp³-hybridized carbons (Fsp3) is 0.375. The number of hydrogen-bond acceptors (Lipinski definition) is 5. The average molecular weight is 493 g/mol. The minimum Gasteiger partial charge on any atom is -0.493 e. The summed E-state index contributed by atoms with van der Waals surface area (Å²) in [5.41, 5.74) is 0.399. The molecule has 0 spiro atoms. The van der Waals surface area contributed by atoms with Crippen LogP contribution in [0.15, 0.2) is 30.3 Å². The van der Waals surface area contributed by atoms with Crippen molar-refractivity contribution in [3.05, 3.63) is 53.3 Å². The molecular formula is C24H26F3N3O5. The lowest BCUT2D eigenvalue weighted by Gasteiger charge is -2.21. The van der Waals surface area contributed by atoms with Crippen LogP contribution in [0.4, 0.5) is 18.9 Å². The number of hydrogen-bond donors (Lipinski definition) is 1. The largest absolute Gasteiger partial charge is 0.493 e. The van der Waals surface area contributed by atoms with Crippen molar-refractivity contribution in [2.75, 3.05) is 46.2 Å².